The van der Waals surface area contributed by atoms with Crippen molar-refractivity contribution in [2.45, 2.75) is 38.0 Å². The monoisotopic (exact) mass is 308 g/mol. The molecule has 1 aromatic rings. The number of nitriles is 1. The molecular formula is C17H17BN2O3. The predicted octanol–water partition coefficient (Wildman–Crippen LogP) is 1.39. The molecule has 0 radical (unpaired) electrons. The molecule has 4 rings (SSSR count). The summed E-state index contributed by atoms with van der Waals surface area (Å²) in [7, 11) is -0.430. The summed E-state index contributed by atoms with van der Waals surface area (Å²) in [6.45, 7) is 8.50. The number of benzene rings is 1. The lowest BCUT2D eigenvalue weighted by Gasteiger charge is -2.16. The molecule has 0 spiro atoms. The minimum absolute atomic E-state index is 0.0705. The Bertz CT molecular complexity index is 771. The van der Waals surface area contributed by atoms with Crippen LogP contribution in [0.1, 0.15) is 36.2 Å². The van der Waals surface area contributed by atoms with Gasteiger partial charge in [0.15, 0.2) is 0 Å². The summed E-state index contributed by atoms with van der Waals surface area (Å²) in [5.41, 5.74) is 2.44. The van der Waals surface area contributed by atoms with Crippen LogP contribution in [-0.2, 0) is 15.9 Å². The lowest BCUT2D eigenvalue weighted by Crippen LogP contribution is -2.38. The molecule has 0 aromatic heterocycles. The van der Waals surface area contributed by atoms with Crippen molar-refractivity contribution in [3.05, 3.63) is 41.5 Å². The molecule has 1 amide bonds. The van der Waals surface area contributed by atoms with Crippen molar-refractivity contribution in [3.8, 4) is 6.07 Å². The van der Waals surface area contributed by atoms with Crippen LogP contribution in [0.4, 0.5) is 0 Å². The number of amides is 1. The lowest BCUT2D eigenvalue weighted by atomic mass is 9.75. The molecule has 6 heteroatoms. The summed E-state index contributed by atoms with van der Waals surface area (Å²) in [6, 6.07) is 7.62. The second-order valence-corrected chi connectivity index (χ2v) is 6.96. The van der Waals surface area contributed by atoms with Gasteiger partial charge in [-0.15, -0.1) is 0 Å². The molecule has 1 aliphatic carbocycles. The smallest absolute Gasteiger partial charge is 0.399 e. The Kier molecular flexibility index (Phi) is 2.82. The van der Waals surface area contributed by atoms with Gasteiger partial charge in [-0.05, 0) is 30.9 Å². The van der Waals surface area contributed by atoms with Gasteiger partial charge in [0.2, 0.25) is 0 Å². The molecular weight excluding hydrogens is 291 g/mol. The van der Waals surface area contributed by atoms with Gasteiger partial charge in [-0.3, -0.25) is 4.79 Å². The van der Waals surface area contributed by atoms with Gasteiger partial charge in [-0.2, -0.15) is 5.26 Å². The SMILES string of the molecule is C=C(C#N)CN1Cc2c(B3OC4(C)CC4(C)O3)cccc2C1=O. The van der Waals surface area contributed by atoms with E-state index in [1.54, 1.807) is 4.90 Å². The van der Waals surface area contributed by atoms with Gasteiger partial charge in [0, 0.05) is 24.1 Å². The molecule has 0 bridgehead atoms. The molecule has 1 saturated heterocycles. The molecule has 2 heterocycles. The zero-order valence-electron chi connectivity index (χ0n) is 13.3. The first-order valence-electron chi connectivity index (χ1n) is 7.71. The quantitative estimate of drug-likeness (QED) is 0.625. The fourth-order valence-corrected chi connectivity index (χ4v) is 3.58. The summed E-state index contributed by atoms with van der Waals surface area (Å²) in [6.07, 6.45) is 0.901. The molecule has 1 saturated carbocycles. The standard InChI is InChI=1S/C17H17BN2O3/c1-11(7-19)8-20-9-13-12(15(20)21)5-4-6-14(13)18-22-16(2)10-17(16,3)23-18/h4-6H,1,8-10H2,2-3H3. The van der Waals surface area contributed by atoms with Crippen LogP contribution in [0.25, 0.3) is 0 Å². The summed E-state index contributed by atoms with van der Waals surface area (Å²) in [5, 5.41) is 8.89. The largest absolute Gasteiger partial charge is 0.495 e. The van der Waals surface area contributed by atoms with Gasteiger partial charge in [0.1, 0.15) is 0 Å². The van der Waals surface area contributed by atoms with E-state index >= 15 is 0 Å². The zero-order valence-corrected chi connectivity index (χ0v) is 13.3. The van der Waals surface area contributed by atoms with E-state index in [-0.39, 0.29) is 23.7 Å². The Labute approximate surface area is 135 Å². The van der Waals surface area contributed by atoms with E-state index in [0.29, 0.717) is 17.7 Å². The lowest BCUT2D eigenvalue weighted by molar-refractivity contribution is 0.0794. The maximum atomic E-state index is 12.5. The fraction of sp³-hybridized carbons (Fsp3) is 0.412. The molecule has 2 fully saturated rings. The van der Waals surface area contributed by atoms with Crippen molar-refractivity contribution in [2.75, 3.05) is 6.54 Å². The highest BCUT2D eigenvalue weighted by atomic mass is 16.7. The van der Waals surface area contributed by atoms with E-state index in [1.165, 1.54) is 0 Å². The van der Waals surface area contributed by atoms with Crippen LogP contribution in [0.5, 0.6) is 0 Å². The maximum Gasteiger partial charge on any atom is 0.495 e. The van der Waals surface area contributed by atoms with Crippen LogP contribution >= 0.6 is 0 Å². The summed E-state index contributed by atoms with van der Waals surface area (Å²) in [4.78, 5) is 14.1. The highest BCUT2D eigenvalue weighted by Crippen LogP contribution is 2.58. The molecule has 2 aliphatic heterocycles. The number of carbonyl (C=O) groups is 1. The van der Waals surface area contributed by atoms with Crippen LogP contribution in [0, 0.1) is 11.3 Å². The number of fused-ring (bicyclic) bond motifs is 2. The predicted molar refractivity (Wildman–Crippen MR) is 84.9 cm³/mol. The van der Waals surface area contributed by atoms with E-state index in [0.717, 1.165) is 17.4 Å². The third-order valence-electron chi connectivity index (χ3n) is 5.28. The van der Waals surface area contributed by atoms with Crippen LogP contribution < -0.4 is 5.46 Å². The van der Waals surface area contributed by atoms with Gasteiger partial charge in [-0.1, -0.05) is 18.7 Å². The number of carbonyl (C=O) groups excluding carboxylic acids is 1. The van der Waals surface area contributed by atoms with Crippen molar-refractivity contribution in [3.63, 3.8) is 0 Å². The maximum absolute atomic E-state index is 12.5. The number of hydrogen-bond acceptors (Lipinski definition) is 4. The van der Waals surface area contributed by atoms with Crippen molar-refractivity contribution in [2.24, 2.45) is 0 Å². The Morgan fingerprint density at radius 1 is 1.43 bits per heavy atom. The minimum Gasteiger partial charge on any atom is -0.399 e. The van der Waals surface area contributed by atoms with Crippen LogP contribution in [-0.4, -0.2) is 35.7 Å². The zero-order chi connectivity index (χ0) is 16.4. The van der Waals surface area contributed by atoms with Gasteiger partial charge in [0.25, 0.3) is 5.91 Å². The van der Waals surface area contributed by atoms with Gasteiger partial charge in [-0.25, -0.2) is 0 Å². The normalized spacial score (nSPS) is 30.9. The number of nitrogens with zero attached hydrogens (tertiary/aromatic N) is 2. The Hall–Kier alpha value is -2.10. The van der Waals surface area contributed by atoms with E-state index in [4.69, 9.17) is 14.6 Å². The molecule has 3 aliphatic rings. The Morgan fingerprint density at radius 2 is 2.13 bits per heavy atom. The third kappa shape index (κ3) is 1.97. The third-order valence-corrected chi connectivity index (χ3v) is 5.28. The van der Waals surface area contributed by atoms with Crippen molar-refractivity contribution in [1.82, 2.24) is 4.90 Å². The van der Waals surface area contributed by atoms with E-state index in [2.05, 4.69) is 20.4 Å². The second-order valence-electron chi connectivity index (χ2n) is 6.96. The van der Waals surface area contributed by atoms with E-state index in [1.807, 2.05) is 24.3 Å². The van der Waals surface area contributed by atoms with Crippen LogP contribution in [0.3, 0.4) is 0 Å². The molecule has 2 atom stereocenters. The van der Waals surface area contributed by atoms with Crippen molar-refractivity contribution < 1.29 is 14.1 Å². The number of rotatable bonds is 3. The highest BCUT2D eigenvalue weighted by Gasteiger charge is 2.71. The van der Waals surface area contributed by atoms with Gasteiger partial charge in [0.05, 0.1) is 23.8 Å². The van der Waals surface area contributed by atoms with Crippen molar-refractivity contribution in [1.29, 1.82) is 5.26 Å². The summed E-state index contributed by atoms with van der Waals surface area (Å²) >= 11 is 0. The highest BCUT2D eigenvalue weighted by molar-refractivity contribution is 6.63. The molecule has 23 heavy (non-hydrogen) atoms. The van der Waals surface area contributed by atoms with Gasteiger partial charge < -0.3 is 14.2 Å². The second kappa shape index (κ2) is 4.47. The molecule has 2 unspecified atom stereocenters. The van der Waals surface area contributed by atoms with Crippen molar-refractivity contribution >= 4 is 18.5 Å². The Balaban J connectivity index is 1.63. The van der Waals surface area contributed by atoms with Crippen LogP contribution in [0.15, 0.2) is 30.4 Å². The van der Waals surface area contributed by atoms with E-state index in [9.17, 15) is 4.79 Å². The average Bonchev–Trinajstić information content (AvgIpc) is 2.76. The Morgan fingerprint density at radius 3 is 2.78 bits per heavy atom. The molecule has 116 valence electrons. The van der Waals surface area contributed by atoms with E-state index < -0.39 is 7.12 Å². The minimum atomic E-state index is -0.430. The first-order valence-corrected chi connectivity index (χ1v) is 7.71. The molecule has 1 aromatic carbocycles. The topological polar surface area (TPSA) is 62.6 Å². The molecule has 0 N–H and O–H groups in total. The average molecular weight is 308 g/mol. The first-order chi connectivity index (χ1) is 10.9. The van der Waals surface area contributed by atoms with Gasteiger partial charge >= 0.3 is 7.12 Å². The summed E-state index contributed by atoms with van der Waals surface area (Å²) < 4.78 is 12.2. The van der Waals surface area contributed by atoms with Crippen LogP contribution in [0.2, 0.25) is 0 Å². The summed E-state index contributed by atoms with van der Waals surface area (Å²) in [5.74, 6) is -0.0705. The first kappa shape index (κ1) is 14.5. The number of hydrogen-bond donors (Lipinski definition) is 0. The molecule has 5 nitrogen and oxygen atoms in total. The fourth-order valence-electron chi connectivity index (χ4n) is 3.58.